The van der Waals surface area contributed by atoms with E-state index in [1.54, 1.807) is 0 Å². The van der Waals surface area contributed by atoms with E-state index in [1.807, 2.05) is 0 Å². The summed E-state index contributed by atoms with van der Waals surface area (Å²) >= 11 is 0. The second kappa shape index (κ2) is 7.00. The summed E-state index contributed by atoms with van der Waals surface area (Å²) in [4.78, 5) is 21.7. The van der Waals surface area contributed by atoms with Crippen molar-refractivity contribution in [2.45, 2.75) is 25.7 Å². The van der Waals surface area contributed by atoms with Gasteiger partial charge in [-0.05, 0) is 12.8 Å². The summed E-state index contributed by atoms with van der Waals surface area (Å²) in [5.74, 6) is -14.6. The molecule has 0 bridgehead atoms. The normalized spacial score (nSPS) is 10.5. The molecule has 2 N–H and O–H groups in total. The summed E-state index contributed by atoms with van der Waals surface area (Å²) < 4.78 is 69.0. The van der Waals surface area contributed by atoms with Crippen molar-refractivity contribution in [3.63, 3.8) is 0 Å². The van der Waals surface area contributed by atoms with Crippen molar-refractivity contribution in [3.8, 4) is 5.75 Å². The number of unbranched alkanes of at least 4 members (excludes halogenated alkanes) is 1. The summed E-state index contributed by atoms with van der Waals surface area (Å²) in [6, 6.07) is 0. The lowest BCUT2D eigenvalue weighted by Crippen LogP contribution is -2.14. The summed E-state index contributed by atoms with van der Waals surface area (Å²) in [6.45, 7) is 0. The maximum Gasteiger partial charge on any atom is 0.311 e. The highest BCUT2D eigenvalue weighted by molar-refractivity contribution is 5.74. The number of hydrogen-bond acceptors (Lipinski definition) is 3. The lowest BCUT2D eigenvalue weighted by atomic mass is 10.2. The van der Waals surface area contributed by atoms with Gasteiger partial charge in [0, 0.05) is 12.8 Å². The number of carbonyl (C=O) groups excluding carboxylic acids is 2. The molecule has 1 rings (SSSR count). The van der Waals surface area contributed by atoms with Gasteiger partial charge in [0.2, 0.25) is 40.7 Å². The van der Waals surface area contributed by atoms with E-state index in [0.717, 1.165) is 0 Å². The van der Waals surface area contributed by atoms with Crippen molar-refractivity contribution in [2.75, 3.05) is 0 Å². The van der Waals surface area contributed by atoms with Gasteiger partial charge in [-0.1, -0.05) is 0 Å². The minimum atomic E-state index is -2.34. The van der Waals surface area contributed by atoms with E-state index in [1.165, 1.54) is 0 Å². The third kappa shape index (κ3) is 4.14. The molecule has 21 heavy (non-hydrogen) atoms. The number of halogens is 5. The Balaban J connectivity index is 2.75. The van der Waals surface area contributed by atoms with E-state index >= 15 is 0 Å². The molecule has 0 saturated carbocycles. The molecule has 0 aliphatic carbocycles. The number of primary amides is 1. The highest BCUT2D eigenvalue weighted by Gasteiger charge is 2.28. The van der Waals surface area contributed by atoms with Gasteiger partial charge in [-0.25, -0.2) is 13.2 Å². The number of benzene rings is 1. The highest BCUT2D eigenvalue weighted by Crippen LogP contribution is 2.29. The minimum Gasteiger partial charge on any atom is -0.420 e. The van der Waals surface area contributed by atoms with Crippen LogP contribution in [0.1, 0.15) is 25.7 Å². The van der Waals surface area contributed by atoms with E-state index in [4.69, 9.17) is 5.73 Å². The van der Waals surface area contributed by atoms with Gasteiger partial charge in [-0.15, -0.1) is 0 Å². The molecule has 1 amide bonds. The first-order valence-corrected chi connectivity index (χ1v) is 5.76. The third-order valence-electron chi connectivity index (χ3n) is 2.44. The predicted molar refractivity (Wildman–Crippen MR) is 59.5 cm³/mol. The van der Waals surface area contributed by atoms with Crippen molar-refractivity contribution < 1.29 is 36.3 Å². The fourth-order valence-corrected chi connectivity index (χ4v) is 1.41. The number of hydrogen-bond donors (Lipinski definition) is 1. The zero-order chi connectivity index (χ0) is 16.2. The number of esters is 1. The highest BCUT2D eigenvalue weighted by atomic mass is 19.2. The predicted octanol–water partition coefficient (Wildman–Crippen LogP) is 2.33. The molecule has 0 radical (unpaired) electrons. The molecule has 0 spiro atoms. The Bertz CT molecular complexity index is 547. The van der Waals surface area contributed by atoms with Crippen molar-refractivity contribution >= 4 is 11.9 Å². The van der Waals surface area contributed by atoms with Gasteiger partial charge in [0.15, 0.2) is 0 Å². The van der Waals surface area contributed by atoms with Gasteiger partial charge in [0.25, 0.3) is 0 Å². The molecule has 0 heterocycles. The van der Waals surface area contributed by atoms with E-state index in [-0.39, 0.29) is 25.7 Å². The molecular weight excluding hydrogens is 301 g/mol. The van der Waals surface area contributed by atoms with E-state index in [9.17, 15) is 31.5 Å². The number of amides is 1. The maximum atomic E-state index is 13.2. The van der Waals surface area contributed by atoms with E-state index in [0.29, 0.717) is 0 Å². The lowest BCUT2D eigenvalue weighted by Gasteiger charge is -2.08. The summed E-state index contributed by atoms with van der Waals surface area (Å²) in [5, 5.41) is 0. The van der Waals surface area contributed by atoms with Crippen molar-refractivity contribution in [2.24, 2.45) is 5.73 Å². The molecule has 0 saturated heterocycles. The van der Waals surface area contributed by atoms with Gasteiger partial charge >= 0.3 is 5.97 Å². The van der Waals surface area contributed by atoms with Gasteiger partial charge in [0.1, 0.15) is 0 Å². The quantitative estimate of drug-likeness (QED) is 0.219. The largest absolute Gasteiger partial charge is 0.420 e. The standard InChI is InChI=1S/C12H10F5NO3/c13-7-8(14)10(16)12(11(17)9(7)15)21-6(20)4-2-1-3-5(18)19/h1-4H2,(H2,18,19). The number of nitrogens with two attached hydrogens (primary N) is 1. The van der Waals surface area contributed by atoms with E-state index in [2.05, 4.69) is 4.74 Å². The Morgan fingerprint density at radius 2 is 1.24 bits per heavy atom. The molecule has 0 fully saturated rings. The average molecular weight is 311 g/mol. The molecule has 116 valence electrons. The second-order valence-electron chi connectivity index (χ2n) is 4.05. The zero-order valence-corrected chi connectivity index (χ0v) is 10.5. The van der Waals surface area contributed by atoms with Crippen molar-refractivity contribution in [3.05, 3.63) is 29.1 Å². The molecular formula is C12H10F5NO3. The first-order chi connectivity index (χ1) is 9.75. The average Bonchev–Trinajstić information content (AvgIpc) is 2.44. The van der Waals surface area contributed by atoms with Crippen LogP contribution in [0.4, 0.5) is 22.0 Å². The monoisotopic (exact) mass is 311 g/mol. The SMILES string of the molecule is NC(=O)CCCCC(=O)Oc1c(F)c(F)c(F)c(F)c1F. The van der Waals surface area contributed by atoms with Crippen LogP contribution in [0.25, 0.3) is 0 Å². The van der Waals surface area contributed by atoms with Crippen LogP contribution in [-0.2, 0) is 9.59 Å². The molecule has 0 atom stereocenters. The van der Waals surface area contributed by atoms with Crippen LogP contribution in [0.3, 0.4) is 0 Å². The smallest absolute Gasteiger partial charge is 0.311 e. The second-order valence-corrected chi connectivity index (χ2v) is 4.05. The number of rotatable bonds is 6. The van der Waals surface area contributed by atoms with Crippen LogP contribution >= 0.6 is 0 Å². The number of ether oxygens (including phenoxy) is 1. The summed E-state index contributed by atoms with van der Waals surface area (Å²) in [5.41, 5.74) is 4.85. The molecule has 1 aromatic carbocycles. The lowest BCUT2D eigenvalue weighted by molar-refractivity contribution is -0.135. The zero-order valence-electron chi connectivity index (χ0n) is 10.5. The van der Waals surface area contributed by atoms with Crippen LogP contribution in [0.2, 0.25) is 0 Å². The fraction of sp³-hybridized carbons (Fsp3) is 0.333. The van der Waals surface area contributed by atoms with Crippen molar-refractivity contribution in [1.82, 2.24) is 0 Å². The molecule has 4 nitrogen and oxygen atoms in total. The topological polar surface area (TPSA) is 69.4 Å². The van der Waals surface area contributed by atoms with Gasteiger partial charge in [0.05, 0.1) is 0 Å². The van der Waals surface area contributed by atoms with E-state index < -0.39 is 46.7 Å². The van der Waals surface area contributed by atoms with Crippen LogP contribution in [0.5, 0.6) is 5.75 Å². The minimum absolute atomic E-state index is 0.00416. The Labute approximate surface area is 115 Å². The van der Waals surface area contributed by atoms with Crippen LogP contribution in [0, 0.1) is 29.1 Å². The molecule has 1 aromatic rings. The Kier molecular flexibility index (Phi) is 5.62. The first-order valence-electron chi connectivity index (χ1n) is 5.76. The maximum absolute atomic E-state index is 13.2. The van der Waals surface area contributed by atoms with Crippen molar-refractivity contribution in [1.29, 1.82) is 0 Å². The molecule has 0 unspecified atom stereocenters. The molecule has 9 heteroatoms. The summed E-state index contributed by atoms with van der Waals surface area (Å²) in [6.07, 6.45) is -0.0404. The Morgan fingerprint density at radius 3 is 1.71 bits per heavy atom. The van der Waals surface area contributed by atoms with Crippen LogP contribution in [-0.4, -0.2) is 11.9 Å². The van der Waals surface area contributed by atoms with Gasteiger partial charge < -0.3 is 10.5 Å². The van der Waals surface area contributed by atoms with Crippen LogP contribution in [0.15, 0.2) is 0 Å². The van der Waals surface area contributed by atoms with Crippen LogP contribution < -0.4 is 10.5 Å². The molecule has 0 aliphatic heterocycles. The number of carbonyl (C=O) groups is 2. The Hall–Kier alpha value is -2.19. The van der Waals surface area contributed by atoms with Gasteiger partial charge in [-0.2, -0.15) is 8.78 Å². The summed E-state index contributed by atoms with van der Waals surface area (Å²) in [7, 11) is 0. The van der Waals surface area contributed by atoms with Gasteiger partial charge in [-0.3, -0.25) is 9.59 Å². The Morgan fingerprint density at radius 1 is 0.810 bits per heavy atom. The fourth-order valence-electron chi connectivity index (χ4n) is 1.41. The first kappa shape index (κ1) is 16.9. The molecule has 0 aromatic heterocycles. The third-order valence-corrected chi connectivity index (χ3v) is 2.44. The molecule has 0 aliphatic rings.